The molecule has 8 heteroatoms. The molecule has 1 aromatic carbocycles. The van der Waals surface area contributed by atoms with Gasteiger partial charge in [-0.15, -0.1) is 0 Å². The van der Waals surface area contributed by atoms with Crippen molar-refractivity contribution in [1.29, 1.82) is 0 Å². The number of nitrogens with one attached hydrogen (secondary N) is 2. The van der Waals surface area contributed by atoms with Gasteiger partial charge in [0.1, 0.15) is 12.4 Å². The molecule has 0 unspecified atom stereocenters. The maximum atomic E-state index is 13.4. The van der Waals surface area contributed by atoms with Gasteiger partial charge >= 0.3 is 0 Å². The van der Waals surface area contributed by atoms with E-state index < -0.39 is 11.6 Å². The Morgan fingerprint density at radius 3 is 2.72 bits per heavy atom. The molecule has 1 aromatic heterocycles. The maximum absolute atomic E-state index is 13.4. The molecular weight excluding hydrogens is 330 g/mol. The van der Waals surface area contributed by atoms with Crippen molar-refractivity contribution < 1.29 is 18.0 Å². The van der Waals surface area contributed by atoms with Crippen LogP contribution in [0.25, 0.3) is 0 Å². The first-order chi connectivity index (χ1) is 12.0. The zero-order chi connectivity index (χ0) is 18.2. The number of hydrogen-bond acceptors (Lipinski definition) is 4. The van der Waals surface area contributed by atoms with E-state index in [9.17, 15) is 8.78 Å². The fraction of sp³-hybridized carbons (Fsp3) is 0.412. The van der Waals surface area contributed by atoms with Crippen molar-refractivity contribution in [3.05, 3.63) is 47.4 Å². The van der Waals surface area contributed by atoms with E-state index in [2.05, 4.69) is 20.8 Å². The van der Waals surface area contributed by atoms with E-state index in [1.165, 1.54) is 6.07 Å². The fourth-order valence-corrected chi connectivity index (χ4v) is 2.00. The van der Waals surface area contributed by atoms with E-state index in [1.807, 2.05) is 19.9 Å². The van der Waals surface area contributed by atoms with E-state index in [-0.39, 0.29) is 12.4 Å². The summed E-state index contributed by atoms with van der Waals surface area (Å²) in [6, 6.07) is 5.08. The first-order valence-corrected chi connectivity index (χ1v) is 7.97. The van der Waals surface area contributed by atoms with Gasteiger partial charge in [0.15, 0.2) is 23.3 Å². The van der Waals surface area contributed by atoms with E-state index in [1.54, 1.807) is 7.05 Å². The number of rotatable bonds is 7. The lowest BCUT2D eigenvalue weighted by atomic mass is 10.1. The number of hydrogen-bond donors (Lipinski definition) is 2. The van der Waals surface area contributed by atoms with Crippen molar-refractivity contribution in [2.75, 3.05) is 20.2 Å². The highest BCUT2D eigenvalue weighted by Crippen LogP contribution is 2.17. The minimum atomic E-state index is -0.728. The molecular formula is C17H22F2N4O2. The summed E-state index contributed by atoms with van der Waals surface area (Å²) >= 11 is 0. The Balaban J connectivity index is 1.72. The molecule has 0 spiro atoms. The number of aromatic nitrogens is 1. The Kier molecular flexibility index (Phi) is 6.73. The highest BCUT2D eigenvalue weighted by Gasteiger charge is 2.08. The lowest BCUT2D eigenvalue weighted by Crippen LogP contribution is -2.38. The number of benzene rings is 1. The van der Waals surface area contributed by atoms with Crippen LogP contribution in [0.3, 0.4) is 0 Å². The largest absolute Gasteiger partial charge is 0.489 e. The Bertz CT molecular complexity index is 716. The summed E-state index contributed by atoms with van der Waals surface area (Å²) in [5, 5.41) is 10.1. The Hall–Kier alpha value is -2.64. The minimum Gasteiger partial charge on any atom is -0.489 e. The number of aliphatic imine (C=N–C) groups is 1. The first kappa shape index (κ1) is 18.7. The summed E-state index contributed by atoms with van der Waals surface area (Å²) in [7, 11) is 1.63. The lowest BCUT2D eigenvalue weighted by Gasteiger charge is -2.12. The van der Waals surface area contributed by atoms with Crippen LogP contribution in [-0.2, 0) is 6.54 Å². The second kappa shape index (κ2) is 9.00. The lowest BCUT2D eigenvalue weighted by molar-refractivity contribution is 0.304. The van der Waals surface area contributed by atoms with Crippen molar-refractivity contribution >= 4 is 5.96 Å². The Morgan fingerprint density at radius 2 is 2.08 bits per heavy atom. The summed E-state index contributed by atoms with van der Waals surface area (Å²) in [4.78, 5) is 4.07. The topological polar surface area (TPSA) is 71.7 Å². The van der Waals surface area contributed by atoms with E-state index in [0.717, 1.165) is 17.8 Å². The molecule has 0 aliphatic heterocycles. The summed E-state index contributed by atoms with van der Waals surface area (Å²) in [6.07, 6.45) is 0. The normalized spacial score (nSPS) is 11.7. The van der Waals surface area contributed by atoms with Gasteiger partial charge in [0, 0.05) is 19.2 Å². The van der Waals surface area contributed by atoms with Crippen LogP contribution in [0.1, 0.15) is 31.2 Å². The van der Waals surface area contributed by atoms with Crippen LogP contribution in [0.4, 0.5) is 8.78 Å². The molecule has 2 rings (SSSR count). The predicted octanol–water partition coefficient (Wildman–Crippen LogP) is 2.82. The molecule has 25 heavy (non-hydrogen) atoms. The van der Waals surface area contributed by atoms with Crippen LogP contribution in [0.5, 0.6) is 5.75 Å². The molecule has 2 aromatic rings. The van der Waals surface area contributed by atoms with Gasteiger partial charge in [-0.2, -0.15) is 0 Å². The van der Waals surface area contributed by atoms with Crippen molar-refractivity contribution in [3.63, 3.8) is 0 Å². The number of guanidine groups is 1. The van der Waals surface area contributed by atoms with Gasteiger partial charge in [0.2, 0.25) is 0 Å². The van der Waals surface area contributed by atoms with Crippen LogP contribution >= 0.6 is 0 Å². The van der Waals surface area contributed by atoms with E-state index in [4.69, 9.17) is 9.26 Å². The zero-order valence-electron chi connectivity index (χ0n) is 14.5. The Labute approximate surface area is 145 Å². The van der Waals surface area contributed by atoms with Gasteiger partial charge in [0.25, 0.3) is 0 Å². The monoisotopic (exact) mass is 352 g/mol. The number of ether oxygens (including phenoxy) is 1. The third kappa shape index (κ3) is 5.74. The standard InChI is InChI=1S/C17H22F2N4O2/c1-11(2)15-9-13(25-23-15)10-22-17(20-3)21-6-7-24-16-5-4-12(18)8-14(16)19/h4-5,8-9,11H,6-7,10H2,1-3H3,(H2,20,21,22). The molecule has 0 bridgehead atoms. The molecule has 136 valence electrons. The van der Waals surface area contributed by atoms with Crippen molar-refractivity contribution in [3.8, 4) is 5.75 Å². The first-order valence-electron chi connectivity index (χ1n) is 7.97. The molecule has 6 nitrogen and oxygen atoms in total. The molecule has 0 saturated carbocycles. The zero-order valence-corrected chi connectivity index (χ0v) is 14.5. The number of halogens is 2. The molecule has 0 amide bonds. The minimum absolute atomic E-state index is 0.00835. The molecule has 0 radical (unpaired) electrons. The highest BCUT2D eigenvalue weighted by molar-refractivity contribution is 5.79. The smallest absolute Gasteiger partial charge is 0.191 e. The summed E-state index contributed by atoms with van der Waals surface area (Å²) in [5.74, 6) is 0.198. The van der Waals surface area contributed by atoms with Gasteiger partial charge in [-0.3, -0.25) is 4.99 Å². The Morgan fingerprint density at radius 1 is 1.28 bits per heavy atom. The highest BCUT2D eigenvalue weighted by atomic mass is 19.1. The molecule has 2 N–H and O–H groups in total. The molecule has 1 heterocycles. The quantitative estimate of drug-likeness (QED) is 0.455. The molecule has 0 atom stereocenters. The van der Waals surface area contributed by atoms with Gasteiger partial charge in [-0.25, -0.2) is 8.78 Å². The number of nitrogens with zero attached hydrogens (tertiary/aromatic N) is 2. The fourth-order valence-electron chi connectivity index (χ4n) is 2.00. The average molecular weight is 352 g/mol. The molecule has 0 aliphatic rings. The third-order valence-corrected chi connectivity index (χ3v) is 3.37. The molecule has 0 fully saturated rings. The summed E-state index contributed by atoms with van der Waals surface area (Å²) in [6.45, 7) is 5.11. The molecule has 0 aliphatic carbocycles. The van der Waals surface area contributed by atoms with Crippen LogP contribution in [0.15, 0.2) is 33.8 Å². The van der Waals surface area contributed by atoms with E-state index in [0.29, 0.717) is 30.7 Å². The summed E-state index contributed by atoms with van der Waals surface area (Å²) < 4.78 is 36.7. The van der Waals surface area contributed by atoms with Crippen molar-refractivity contribution in [1.82, 2.24) is 15.8 Å². The third-order valence-electron chi connectivity index (χ3n) is 3.37. The van der Waals surface area contributed by atoms with Crippen molar-refractivity contribution in [2.45, 2.75) is 26.3 Å². The van der Waals surface area contributed by atoms with Gasteiger partial charge in [-0.1, -0.05) is 19.0 Å². The predicted molar refractivity (Wildman–Crippen MR) is 90.6 cm³/mol. The summed E-state index contributed by atoms with van der Waals surface area (Å²) in [5.41, 5.74) is 0.898. The van der Waals surface area contributed by atoms with Crippen LogP contribution in [-0.4, -0.2) is 31.3 Å². The van der Waals surface area contributed by atoms with Gasteiger partial charge < -0.3 is 19.9 Å². The van der Waals surface area contributed by atoms with Gasteiger partial charge in [-0.05, 0) is 18.1 Å². The van der Waals surface area contributed by atoms with Crippen LogP contribution in [0, 0.1) is 11.6 Å². The molecule has 0 saturated heterocycles. The average Bonchev–Trinajstić information content (AvgIpc) is 3.05. The van der Waals surface area contributed by atoms with Crippen molar-refractivity contribution in [2.24, 2.45) is 4.99 Å². The maximum Gasteiger partial charge on any atom is 0.191 e. The van der Waals surface area contributed by atoms with E-state index >= 15 is 0 Å². The second-order valence-corrected chi connectivity index (χ2v) is 5.65. The van der Waals surface area contributed by atoms with Crippen LogP contribution < -0.4 is 15.4 Å². The van der Waals surface area contributed by atoms with Gasteiger partial charge in [0.05, 0.1) is 18.8 Å². The van der Waals surface area contributed by atoms with Crippen LogP contribution in [0.2, 0.25) is 0 Å². The second-order valence-electron chi connectivity index (χ2n) is 5.65. The SMILES string of the molecule is CN=C(NCCOc1ccc(F)cc1F)NCc1cc(C(C)C)no1.